The zero-order valence-corrected chi connectivity index (χ0v) is 16.7. The number of benzene rings is 4. The summed E-state index contributed by atoms with van der Waals surface area (Å²) in [6.45, 7) is 0. The lowest BCUT2D eigenvalue weighted by Gasteiger charge is -2.09. The minimum Gasteiger partial charge on any atom is -0.354 e. The second-order valence-electron chi connectivity index (χ2n) is 7.69. The molecule has 1 N–H and O–H groups in total. The lowest BCUT2D eigenvalue weighted by molar-refractivity contribution is 0.107. The first-order valence-electron chi connectivity index (χ1n) is 10.4. The molecule has 0 aliphatic heterocycles. The molecule has 3 nitrogen and oxygen atoms in total. The predicted molar refractivity (Wildman–Crippen MR) is 126 cm³/mol. The van der Waals surface area contributed by atoms with E-state index >= 15 is 0 Å². The number of nitrogens with one attached hydrogen (secondary N) is 1. The van der Waals surface area contributed by atoms with Crippen LogP contribution in [0.2, 0.25) is 0 Å². The van der Waals surface area contributed by atoms with Gasteiger partial charge in [-0.05, 0) is 17.7 Å². The Morgan fingerprint density at radius 1 is 0.548 bits per heavy atom. The van der Waals surface area contributed by atoms with E-state index in [2.05, 4.69) is 29.2 Å². The third kappa shape index (κ3) is 2.67. The molecule has 1 radical (unpaired) electrons. The van der Waals surface area contributed by atoms with Gasteiger partial charge in [0.2, 0.25) is 0 Å². The van der Waals surface area contributed by atoms with Crippen molar-refractivity contribution >= 4 is 21.8 Å². The van der Waals surface area contributed by atoms with Crippen LogP contribution in [0.4, 0.5) is 0 Å². The molecule has 2 aromatic heterocycles. The highest BCUT2D eigenvalue weighted by Gasteiger charge is 2.25. The van der Waals surface area contributed by atoms with Crippen molar-refractivity contribution in [3.8, 4) is 33.6 Å². The summed E-state index contributed by atoms with van der Waals surface area (Å²) in [5.41, 5.74) is 7.47. The van der Waals surface area contributed by atoms with Crippen LogP contribution in [0, 0.1) is 0 Å². The highest BCUT2D eigenvalue weighted by atomic mass is 16.5. The summed E-state index contributed by atoms with van der Waals surface area (Å²) in [6, 6.07) is 36.4. The average Bonchev–Trinajstić information content (AvgIpc) is 3.35. The number of fused-ring (bicyclic) bond motifs is 2. The van der Waals surface area contributed by atoms with Gasteiger partial charge in [0.1, 0.15) is 5.69 Å². The highest BCUT2D eigenvalue weighted by Crippen LogP contribution is 2.47. The van der Waals surface area contributed by atoms with Gasteiger partial charge in [-0.25, -0.2) is 0 Å². The number of para-hydroxylation sites is 2. The minimum absolute atomic E-state index is 0.681. The first-order chi connectivity index (χ1) is 15.3. The zero-order valence-electron chi connectivity index (χ0n) is 16.7. The van der Waals surface area contributed by atoms with E-state index in [1.165, 1.54) is 0 Å². The van der Waals surface area contributed by atoms with Crippen molar-refractivity contribution in [3.05, 3.63) is 109 Å². The predicted octanol–water partition coefficient (Wildman–Crippen LogP) is 7.32. The van der Waals surface area contributed by atoms with Gasteiger partial charge in [-0.15, -0.1) is 4.73 Å². The maximum atomic E-state index is 13.5. The number of hydrogen-bond donors (Lipinski definition) is 1. The van der Waals surface area contributed by atoms with Crippen LogP contribution in [0.1, 0.15) is 0 Å². The van der Waals surface area contributed by atoms with E-state index in [4.69, 9.17) is 0 Å². The third-order valence-electron chi connectivity index (χ3n) is 5.90. The smallest absolute Gasteiger partial charge is 0.101 e. The molecule has 0 bridgehead atoms. The summed E-state index contributed by atoms with van der Waals surface area (Å²) in [5, 5.41) is 15.6. The molecule has 0 saturated carbocycles. The van der Waals surface area contributed by atoms with E-state index in [1.54, 1.807) is 0 Å². The lowest BCUT2D eigenvalue weighted by Crippen LogP contribution is -1.92. The molecule has 0 aliphatic carbocycles. The Labute approximate surface area is 179 Å². The van der Waals surface area contributed by atoms with Crippen LogP contribution in [0.3, 0.4) is 0 Å². The van der Waals surface area contributed by atoms with E-state index in [9.17, 15) is 5.21 Å². The summed E-state index contributed by atoms with van der Waals surface area (Å²) < 4.78 is 1.08. The van der Waals surface area contributed by atoms with Crippen molar-refractivity contribution in [2.45, 2.75) is 0 Å². The van der Waals surface area contributed by atoms with Gasteiger partial charge in [0.05, 0.1) is 11.2 Å². The van der Waals surface area contributed by atoms with Gasteiger partial charge in [-0.1, -0.05) is 97.1 Å². The molecule has 0 unspecified atom stereocenters. The average molecular weight is 399 g/mol. The van der Waals surface area contributed by atoms with E-state index in [0.29, 0.717) is 11.2 Å². The van der Waals surface area contributed by atoms with Crippen molar-refractivity contribution in [1.82, 2.24) is 9.71 Å². The van der Waals surface area contributed by atoms with Gasteiger partial charge in [0, 0.05) is 33.0 Å². The standard InChI is InChI=1S/C28H19N2O/c31-30-24-18-10-8-16-22(24)26(28(30)20-13-5-2-6-14-20)25-21-15-7-9-17-23(21)29-27(25)19-11-3-1-4-12-19/h1-18,29H. The molecule has 0 saturated heterocycles. The Hall–Kier alpha value is -4.24. The van der Waals surface area contributed by atoms with Crippen LogP contribution >= 0.6 is 0 Å². The highest BCUT2D eigenvalue weighted by molar-refractivity contribution is 6.14. The molecule has 0 atom stereocenters. The lowest BCUT2D eigenvalue weighted by atomic mass is 9.94. The van der Waals surface area contributed by atoms with Crippen LogP contribution in [-0.4, -0.2) is 9.71 Å². The van der Waals surface area contributed by atoms with Gasteiger partial charge >= 0.3 is 0 Å². The summed E-state index contributed by atoms with van der Waals surface area (Å²) in [7, 11) is 0. The Kier molecular flexibility index (Phi) is 3.93. The quantitative estimate of drug-likeness (QED) is 0.324. The maximum Gasteiger partial charge on any atom is 0.101 e. The molecular formula is C28H19N2O. The normalized spacial score (nSPS) is 11.4. The van der Waals surface area contributed by atoms with Crippen LogP contribution in [-0.2, 0) is 5.21 Å². The van der Waals surface area contributed by atoms with Crippen molar-refractivity contribution in [3.63, 3.8) is 0 Å². The fourth-order valence-electron chi connectivity index (χ4n) is 4.55. The molecule has 6 rings (SSSR count). The molecule has 0 spiro atoms. The second kappa shape index (κ2) is 6.92. The molecule has 6 aromatic rings. The van der Waals surface area contributed by atoms with Crippen LogP contribution in [0.25, 0.3) is 55.4 Å². The topological polar surface area (TPSA) is 40.6 Å². The third-order valence-corrected chi connectivity index (χ3v) is 5.90. The Balaban J connectivity index is 1.81. The summed E-state index contributed by atoms with van der Waals surface area (Å²) in [4.78, 5) is 3.62. The summed E-state index contributed by atoms with van der Waals surface area (Å²) in [5.74, 6) is 0. The molecule has 0 amide bonds. The molecule has 0 fully saturated rings. The Morgan fingerprint density at radius 2 is 1.13 bits per heavy atom. The fourth-order valence-corrected chi connectivity index (χ4v) is 4.55. The number of rotatable bonds is 3. The van der Waals surface area contributed by atoms with E-state index in [-0.39, 0.29) is 0 Å². The van der Waals surface area contributed by atoms with Crippen LogP contribution in [0.15, 0.2) is 109 Å². The molecule has 2 heterocycles. The number of H-pyrrole nitrogens is 1. The van der Waals surface area contributed by atoms with Gasteiger partial charge in [0.15, 0.2) is 0 Å². The van der Waals surface area contributed by atoms with Crippen molar-refractivity contribution in [2.24, 2.45) is 0 Å². The molecule has 147 valence electrons. The van der Waals surface area contributed by atoms with E-state index in [0.717, 1.165) is 49.0 Å². The molecule has 4 aromatic carbocycles. The molecule has 31 heavy (non-hydrogen) atoms. The number of aromatic nitrogens is 2. The van der Waals surface area contributed by atoms with Gasteiger partial charge in [0.25, 0.3) is 0 Å². The fraction of sp³-hybridized carbons (Fsp3) is 0. The SMILES string of the molecule is [O]n1c(-c2ccccc2)c(-c2c(-c3ccccc3)[nH]c3ccccc23)c2ccccc21. The first kappa shape index (κ1) is 17.6. The Bertz CT molecular complexity index is 1530. The maximum absolute atomic E-state index is 13.5. The number of hydrogen-bond acceptors (Lipinski definition) is 0. The Morgan fingerprint density at radius 3 is 1.87 bits per heavy atom. The monoisotopic (exact) mass is 399 g/mol. The van der Waals surface area contributed by atoms with Gasteiger partial charge in [-0.2, -0.15) is 5.21 Å². The minimum atomic E-state index is 0.681. The summed E-state index contributed by atoms with van der Waals surface area (Å²) >= 11 is 0. The van der Waals surface area contributed by atoms with Crippen molar-refractivity contribution in [1.29, 1.82) is 0 Å². The second-order valence-corrected chi connectivity index (χ2v) is 7.69. The van der Waals surface area contributed by atoms with E-state index < -0.39 is 0 Å². The van der Waals surface area contributed by atoms with E-state index in [1.807, 2.05) is 84.9 Å². The van der Waals surface area contributed by atoms with Crippen molar-refractivity contribution < 1.29 is 5.21 Å². The number of nitrogens with zero attached hydrogens (tertiary/aromatic N) is 1. The molecule has 3 heteroatoms. The summed E-state index contributed by atoms with van der Waals surface area (Å²) in [6.07, 6.45) is 0. The first-order valence-corrected chi connectivity index (χ1v) is 10.4. The van der Waals surface area contributed by atoms with Gasteiger partial charge in [-0.3, -0.25) is 0 Å². The van der Waals surface area contributed by atoms with Gasteiger partial charge < -0.3 is 4.98 Å². The zero-order chi connectivity index (χ0) is 20.8. The largest absolute Gasteiger partial charge is 0.354 e. The van der Waals surface area contributed by atoms with Crippen LogP contribution < -0.4 is 0 Å². The number of aromatic amines is 1. The van der Waals surface area contributed by atoms with Crippen LogP contribution in [0.5, 0.6) is 0 Å². The molecular weight excluding hydrogens is 380 g/mol. The van der Waals surface area contributed by atoms with Crippen molar-refractivity contribution in [2.75, 3.05) is 0 Å². The molecule has 0 aliphatic rings.